The van der Waals surface area contributed by atoms with Gasteiger partial charge < -0.3 is 20.9 Å². The zero-order valence-electron chi connectivity index (χ0n) is 19.3. The maximum absolute atomic E-state index is 11.5. The van der Waals surface area contributed by atoms with E-state index in [2.05, 4.69) is 5.32 Å². The number of thioether (sulfide) groups is 1. The van der Waals surface area contributed by atoms with Crippen LogP contribution in [0.2, 0.25) is 0 Å². The number of amides is 1. The highest BCUT2D eigenvalue weighted by Gasteiger charge is 2.38. The van der Waals surface area contributed by atoms with E-state index in [1.807, 2.05) is 42.0 Å². The predicted octanol–water partition coefficient (Wildman–Crippen LogP) is 4.69. The van der Waals surface area contributed by atoms with Crippen molar-refractivity contribution in [2.24, 2.45) is 5.73 Å². The summed E-state index contributed by atoms with van der Waals surface area (Å²) in [5, 5.41) is 13.3. The van der Waals surface area contributed by atoms with E-state index < -0.39 is 24.2 Å². The Kier molecular flexibility index (Phi) is 9.70. The summed E-state index contributed by atoms with van der Waals surface area (Å²) >= 11 is 4.48. The largest absolute Gasteiger partial charge is 0.490 e. The highest BCUT2D eigenvalue weighted by atomic mass is 32.2. The number of nitrogens with zero attached hydrogens (tertiary/aromatic N) is 1. The number of aliphatic carboxylic acids is 1. The zero-order valence-corrected chi connectivity index (χ0v) is 21.7. The Bertz CT molecular complexity index is 1260. The van der Waals surface area contributed by atoms with E-state index in [4.69, 9.17) is 25.4 Å². The molecule has 2 aromatic heterocycles. The lowest BCUT2D eigenvalue weighted by atomic mass is 10.1. The molecule has 2 atom stereocenters. The summed E-state index contributed by atoms with van der Waals surface area (Å²) in [4.78, 5) is 37.3. The number of benzene rings is 1. The summed E-state index contributed by atoms with van der Waals surface area (Å²) in [7, 11) is 0. The molecule has 3 heterocycles. The van der Waals surface area contributed by atoms with Crippen molar-refractivity contribution in [3.63, 3.8) is 0 Å². The van der Waals surface area contributed by atoms with Crippen LogP contribution in [0.3, 0.4) is 0 Å². The maximum Gasteiger partial charge on any atom is 0.490 e. The van der Waals surface area contributed by atoms with Gasteiger partial charge in [0.25, 0.3) is 5.91 Å². The average Bonchev–Trinajstić information content (AvgIpc) is 3.62. The normalized spacial score (nSPS) is 15.9. The van der Waals surface area contributed by atoms with E-state index in [1.54, 1.807) is 11.8 Å². The fraction of sp³-hybridized carbons (Fsp3) is 0.304. The summed E-state index contributed by atoms with van der Waals surface area (Å²) in [6.45, 7) is 0.915. The van der Waals surface area contributed by atoms with Crippen LogP contribution >= 0.6 is 34.4 Å². The van der Waals surface area contributed by atoms with Crippen LogP contribution in [0.5, 0.6) is 5.75 Å². The quantitative estimate of drug-likeness (QED) is 0.261. The standard InChI is InChI=1S/C21H21N3O3S3.C2HF3O2/c1-28-21-14(9-18(30-21)19(22)26)20-24-16(11-29-20)12-4-2-5-13(8-12)27-17(10-25)15-6-3-7-23-15;3-2(4,5)1(6)7/h2,4-5,8-11,15,17,23H,3,6-7H2,1H3,(H2,22,26);(H,6,7). The Labute approximate surface area is 222 Å². The lowest BCUT2D eigenvalue weighted by Gasteiger charge is -2.20. The summed E-state index contributed by atoms with van der Waals surface area (Å²) < 4.78 is 38.7. The van der Waals surface area contributed by atoms with Crippen molar-refractivity contribution < 1.29 is 37.4 Å². The summed E-state index contributed by atoms with van der Waals surface area (Å²) in [5.74, 6) is -2.54. The Hall–Kier alpha value is -2.94. The Balaban J connectivity index is 0.000000479. The van der Waals surface area contributed by atoms with Crippen molar-refractivity contribution in [3.05, 3.63) is 40.6 Å². The topological polar surface area (TPSA) is 132 Å². The number of nitrogens with one attached hydrogen (secondary N) is 1. The number of aldehydes is 1. The molecule has 3 aromatic rings. The average molecular weight is 574 g/mol. The molecule has 4 N–H and O–H groups in total. The molecule has 2 unspecified atom stereocenters. The molecular weight excluding hydrogens is 551 g/mol. The van der Waals surface area contributed by atoms with Gasteiger partial charge in [-0.25, -0.2) is 9.78 Å². The summed E-state index contributed by atoms with van der Waals surface area (Å²) in [6, 6.07) is 9.49. The molecular formula is C23H22F3N3O5S3. The first kappa shape index (κ1) is 28.6. The van der Waals surface area contributed by atoms with E-state index in [9.17, 15) is 22.8 Å². The van der Waals surface area contributed by atoms with Gasteiger partial charge in [0.05, 0.1) is 20.8 Å². The molecule has 1 aliphatic heterocycles. The molecule has 1 aliphatic rings. The maximum atomic E-state index is 11.5. The van der Waals surface area contributed by atoms with Gasteiger partial charge in [0.2, 0.25) is 0 Å². The van der Waals surface area contributed by atoms with E-state index >= 15 is 0 Å². The van der Waals surface area contributed by atoms with Gasteiger partial charge in [-0.05, 0) is 43.8 Å². The first-order chi connectivity index (χ1) is 17.5. The number of aromatic nitrogens is 1. The molecule has 0 spiro atoms. The molecule has 198 valence electrons. The van der Waals surface area contributed by atoms with Crippen molar-refractivity contribution in [1.82, 2.24) is 10.3 Å². The van der Waals surface area contributed by atoms with Crippen molar-refractivity contribution in [1.29, 1.82) is 0 Å². The van der Waals surface area contributed by atoms with Crippen LogP contribution in [0.1, 0.15) is 22.5 Å². The Morgan fingerprint density at radius 2 is 2.08 bits per heavy atom. The number of thiophene rings is 1. The van der Waals surface area contributed by atoms with E-state index in [0.29, 0.717) is 10.6 Å². The molecule has 14 heteroatoms. The third-order valence-corrected chi connectivity index (χ3v) is 8.29. The van der Waals surface area contributed by atoms with Crippen LogP contribution in [0.4, 0.5) is 13.2 Å². The van der Waals surface area contributed by atoms with Gasteiger partial charge in [0, 0.05) is 16.5 Å². The molecule has 1 saturated heterocycles. The third-order valence-electron chi connectivity index (χ3n) is 5.13. The second kappa shape index (κ2) is 12.5. The highest BCUT2D eigenvalue weighted by molar-refractivity contribution is 8.00. The minimum Gasteiger partial charge on any atom is -0.481 e. The molecule has 0 bridgehead atoms. The van der Waals surface area contributed by atoms with E-state index in [0.717, 1.165) is 51.7 Å². The molecule has 4 rings (SSSR count). The first-order valence-electron chi connectivity index (χ1n) is 10.7. The van der Waals surface area contributed by atoms with Crippen molar-refractivity contribution in [2.75, 3.05) is 12.8 Å². The van der Waals surface area contributed by atoms with E-state index in [-0.39, 0.29) is 6.04 Å². The third kappa shape index (κ3) is 7.53. The molecule has 37 heavy (non-hydrogen) atoms. The molecule has 0 saturated carbocycles. The molecule has 1 amide bonds. The van der Waals surface area contributed by atoms with Gasteiger partial charge in [-0.1, -0.05) is 12.1 Å². The Morgan fingerprint density at radius 3 is 2.65 bits per heavy atom. The number of thiazole rings is 1. The number of carbonyl (C=O) groups excluding carboxylic acids is 2. The van der Waals surface area contributed by atoms with Crippen LogP contribution in [-0.4, -0.2) is 59.4 Å². The minimum absolute atomic E-state index is 0.0556. The second-order valence-corrected chi connectivity index (χ2v) is 10.7. The van der Waals surface area contributed by atoms with E-state index in [1.165, 1.54) is 22.7 Å². The molecule has 1 fully saturated rings. The van der Waals surface area contributed by atoms with Crippen LogP contribution in [0, 0.1) is 0 Å². The number of hydrogen-bond donors (Lipinski definition) is 3. The van der Waals surface area contributed by atoms with Gasteiger partial charge in [0.15, 0.2) is 12.4 Å². The van der Waals surface area contributed by atoms with Crippen molar-refractivity contribution >= 4 is 52.6 Å². The van der Waals surface area contributed by atoms with Crippen LogP contribution in [0.15, 0.2) is 39.9 Å². The number of primary amides is 1. The lowest BCUT2D eigenvalue weighted by Crippen LogP contribution is -2.39. The number of halogens is 3. The second-order valence-electron chi connectivity index (χ2n) is 7.67. The highest BCUT2D eigenvalue weighted by Crippen LogP contribution is 2.40. The Morgan fingerprint density at radius 1 is 1.35 bits per heavy atom. The monoisotopic (exact) mass is 573 g/mol. The van der Waals surface area contributed by atoms with Gasteiger partial charge in [-0.3, -0.25) is 9.59 Å². The number of carboxylic acids is 1. The lowest BCUT2D eigenvalue weighted by molar-refractivity contribution is -0.192. The summed E-state index contributed by atoms with van der Waals surface area (Å²) in [5.41, 5.74) is 8.10. The molecule has 8 nitrogen and oxygen atoms in total. The van der Waals surface area contributed by atoms with Gasteiger partial charge in [0.1, 0.15) is 10.8 Å². The van der Waals surface area contributed by atoms with Gasteiger partial charge >= 0.3 is 12.1 Å². The number of nitrogens with two attached hydrogens (primary N) is 1. The summed E-state index contributed by atoms with van der Waals surface area (Å²) in [6.07, 6.45) is -0.760. The predicted molar refractivity (Wildman–Crippen MR) is 136 cm³/mol. The number of alkyl halides is 3. The van der Waals surface area contributed by atoms with Crippen molar-refractivity contribution in [3.8, 4) is 27.6 Å². The fourth-order valence-corrected chi connectivity index (χ4v) is 6.11. The fourth-order valence-electron chi connectivity index (χ4n) is 3.41. The molecule has 1 aromatic carbocycles. The number of carboxylic acid groups (broad SMARTS) is 1. The molecule has 0 radical (unpaired) electrons. The zero-order chi connectivity index (χ0) is 27.2. The first-order valence-corrected chi connectivity index (χ1v) is 13.6. The number of rotatable bonds is 8. The SMILES string of the molecule is CSc1sc(C(N)=O)cc1-c1nc(-c2cccc(OC(C=O)C3CCCN3)c2)cs1.O=C(O)C(F)(F)F. The van der Waals surface area contributed by atoms with Crippen LogP contribution < -0.4 is 15.8 Å². The van der Waals surface area contributed by atoms with Crippen LogP contribution in [-0.2, 0) is 9.59 Å². The number of ether oxygens (including phenoxy) is 1. The van der Waals surface area contributed by atoms with Gasteiger partial charge in [-0.2, -0.15) is 13.2 Å². The minimum atomic E-state index is -5.08. The van der Waals surface area contributed by atoms with Gasteiger partial charge in [-0.15, -0.1) is 34.4 Å². The molecule has 0 aliphatic carbocycles. The van der Waals surface area contributed by atoms with Crippen molar-refractivity contribution in [2.45, 2.75) is 35.4 Å². The van der Waals surface area contributed by atoms with Crippen LogP contribution in [0.25, 0.3) is 21.8 Å². The number of hydrogen-bond acceptors (Lipinski definition) is 9. The number of carbonyl (C=O) groups is 3. The smallest absolute Gasteiger partial charge is 0.481 e.